The summed E-state index contributed by atoms with van der Waals surface area (Å²) in [5, 5.41) is 8.42. The van der Waals surface area contributed by atoms with E-state index in [-0.39, 0.29) is 5.91 Å². The highest BCUT2D eigenvalue weighted by Crippen LogP contribution is 2.16. The Bertz CT molecular complexity index is 1060. The molecule has 26 heavy (non-hydrogen) atoms. The number of amides is 1. The van der Waals surface area contributed by atoms with Crippen molar-refractivity contribution in [2.75, 3.05) is 5.32 Å². The first-order valence-electron chi connectivity index (χ1n) is 7.97. The van der Waals surface area contributed by atoms with Gasteiger partial charge >= 0.3 is 0 Å². The van der Waals surface area contributed by atoms with Gasteiger partial charge in [-0.2, -0.15) is 5.10 Å². The van der Waals surface area contributed by atoms with Crippen molar-refractivity contribution in [1.82, 2.24) is 19.7 Å². The van der Waals surface area contributed by atoms with E-state index in [0.29, 0.717) is 22.9 Å². The van der Waals surface area contributed by atoms with Gasteiger partial charge in [-0.15, -0.1) is 0 Å². The summed E-state index contributed by atoms with van der Waals surface area (Å²) in [5.41, 5.74) is 2.30. The molecule has 0 spiro atoms. The van der Waals surface area contributed by atoms with Gasteiger partial charge in [0.15, 0.2) is 5.65 Å². The number of nitrogens with one attached hydrogen (secondary N) is 1. The minimum atomic E-state index is -0.287. The lowest BCUT2D eigenvalue weighted by Gasteiger charge is -2.05. The van der Waals surface area contributed by atoms with Gasteiger partial charge < -0.3 is 5.32 Å². The summed E-state index contributed by atoms with van der Waals surface area (Å²) in [4.78, 5) is 20.9. The van der Waals surface area contributed by atoms with Crippen molar-refractivity contribution >= 4 is 34.4 Å². The second-order valence-electron chi connectivity index (χ2n) is 5.74. The number of anilines is 1. The minimum absolute atomic E-state index is 0.287. The van der Waals surface area contributed by atoms with Gasteiger partial charge in [0, 0.05) is 17.8 Å². The van der Waals surface area contributed by atoms with Gasteiger partial charge in [-0.3, -0.25) is 4.79 Å². The van der Waals surface area contributed by atoms with Gasteiger partial charge in [-0.05, 0) is 23.8 Å². The standard InChI is InChI=1S/C19H14ClN5O/c20-16-6-7-17(21-11-16)24-19(26)15-8-14-10-23-25(18(14)22-9-15)12-13-4-2-1-3-5-13/h1-11H,12H2,(H,21,24,26). The Morgan fingerprint density at radius 1 is 1.04 bits per heavy atom. The van der Waals surface area contributed by atoms with Gasteiger partial charge in [0.1, 0.15) is 5.82 Å². The number of aromatic nitrogens is 4. The zero-order valence-electron chi connectivity index (χ0n) is 13.6. The normalized spacial score (nSPS) is 10.8. The second-order valence-corrected chi connectivity index (χ2v) is 6.18. The van der Waals surface area contributed by atoms with Crippen molar-refractivity contribution in [3.63, 3.8) is 0 Å². The molecule has 0 atom stereocenters. The maximum absolute atomic E-state index is 12.4. The Balaban J connectivity index is 1.56. The molecule has 4 rings (SSSR count). The van der Waals surface area contributed by atoms with Crippen molar-refractivity contribution in [1.29, 1.82) is 0 Å². The molecule has 7 heteroatoms. The van der Waals surface area contributed by atoms with Crippen LogP contribution in [0.25, 0.3) is 11.0 Å². The van der Waals surface area contributed by atoms with Gasteiger partial charge in [0.2, 0.25) is 0 Å². The van der Waals surface area contributed by atoms with E-state index in [4.69, 9.17) is 11.6 Å². The number of fused-ring (bicyclic) bond motifs is 1. The summed E-state index contributed by atoms with van der Waals surface area (Å²) in [5.74, 6) is 0.143. The third-order valence-corrected chi connectivity index (χ3v) is 4.11. The van der Waals surface area contributed by atoms with E-state index in [2.05, 4.69) is 20.4 Å². The molecule has 0 bridgehead atoms. The predicted octanol–water partition coefficient (Wildman–Crippen LogP) is 3.78. The van der Waals surface area contributed by atoms with Crippen molar-refractivity contribution in [2.24, 2.45) is 0 Å². The molecular formula is C19H14ClN5O. The van der Waals surface area contributed by atoms with Crippen molar-refractivity contribution in [3.05, 3.63) is 83.3 Å². The Morgan fingerprint density at radius 3 is 2.65 bits per heavy atom. The number of carbonyl (C=O) groups is 1. The molecule has 0 unspecified atom stereocenters. The largest absolute Gasteiger partial charge is 0.307 e. The lowest BCUT2D eigenvalue weighted by molar-refractivity contribution is 0.102. The fourth-order valence-corrected chi connectivity index (χ4v) is 2.72. The second kappa shape index (κ2) is 6.93. The Labute approximate surface area is 154 Å². The minimum Gasteiger partial charge on any atom is -0.307 e. The highest BCUT2D eigenvalue weighted by Gasteiger charge is 2.11. The molecule has 0 saturated carbocycles. The van der Waals surface area contributed by atoms with Crippen molar-refractivity contribution in [2.45, 2.75) is 6.54 Å². The van der Waals surface area contributed by atoms with E-state index in [1.54, 1.807) is 24.4 Å². The highest BCUT2D eigenvalue weighted by atomic mass is 35.5. The van der Waals surface area contributed by atoms with E-state index in [0.717, 1.165) is 16.6 Å². The Morgan fingerprint density at radius 2 is 1.88 bits per heavy atom. The molecule has 1 N–H and O–H groups in total. The third-order valence-electron chi connectivity index (χ3n) is 3.88. The number of benzene rings is 1. The van der Waals surface area contributed by atoms with E-state index in [9.17, 15) is 4.79 Å². The molecule has 0 saturated heterocycles. The maximum Gasteiger partial charge on any atom is 0.258 e. The van der Waals surface area contributed by atoms with Gasteiger partial charge in [0.25, 0.3) is 5.91 Å². The number of hydrogen-bond donors (Lipinski definition) is 1. The molecule has 0 aliphatic heterocycles. The van der Waals surface area contributed by atoms with Gasteiger partial charge in [-0.25, -0.2) is 14.6 Å². The summed E-state index contributed by atoms with van der Waals surface area (Å²) in [6.07, 6.45) is 4.73. The Kier molecular flexibility index (Phi) is 4.33. The fourth-order valence-electron chi connectivity index (χ4n) is 2.61. The van der Waals surface area contributed by atoms with Crippen LogP contribution in [0.5, 0.6) is 0 Å². The van der Waals surface area contributed by atoms with Crippen molar-refractivity contribution in [3.8, 4) is 0 Å². The summed E-state index contributed by atoms with van der Waals surface area (Å²) < 4.78 is 1.81. The molecule has 0 radical (unpaired) electrons. The first-order valence-corrected chi connectivity index (χ1v) is 8.35. The lowest BCUT2D eigenvalue weighted by Crippen LogP contribution is -2.13. The van der Waals surface area contributed by atoms with Crippen LogP contribution in [0.4, 0.5) is 5.82 Å². The predicted molar refractivity (Wildman–Crippen MR) is 100 cm³/mol. The highest BCUT2D eigenvalue weighted by molar-refractivity contribution is 6.30. The zero-order valence-corrected chi connectivity index (χ0v) is 14.4. The Hall–Kier alpha value is -3.25. The summed E-state index contributed by atoms with van der Waals surface area (Å²) in [6, 6.07) is 15.1. The van der Waals surface area contributed by atoms with Crippen LogP contribution in [-0.2, 0) is 6.54 Å². The summed E-state index contributed by atoms with van der Waals surface area (Å²) >= 11 is 5.80. The third kappa shape index (κ3) is 3.41. The number of pyridine rings is 2. The van der Waals surface area contributed by atoms with Crippen LogP contribution in [0.15, 0.2) is 67.1 Å². The van der Waals surface area contributed by atoms with E-state index < -0.39 is 0 Å². The first-order chi connectivity index (χ1) is 12.7. The van der Waals surface area contributed by atoms with Crippen LogP contribution < -0.4 is 5.32 Å². The molecule has 3 heterocycles. The molecule has 0 fully saturated rings. The average Bonchev–Trinajstić information content (AvgIpc) is 3.06. The monoisotopic (exact) mass is 363 g/mol. The van der Waals surface area contributed by atoms with Crippen LogP contribution in [0, 0.1) is 0 Å². The van der Waals surface area contributed by atoms with Crippen LogP contribution in [0.1, 0.15) is 15.9 Å². The molecule has 4 aromatic rings. The smallest absolute Gasteiger partial charge is 0.258 e. The zero-order chi connectivity index (χ0) is 17.9. The van der Waals surface area contributed by atoms with E-state index >= 15 is 0 Å². The molecule has 128 valence electrons. The van der Waals surface area contributed by atoms with E-state index in [1.807, 2.05) is 35.0 Å². The maximum atomic E-state index is 12.4. The van der Waals surface area contributed by atoms with Crippen LogP contribution >= 0.6 is 11.6 Å². The van der Waals surface area contributed by atoms with Gasteiger partial charge in [0.05, 0.1) is 23.3 Å². The fraction of sp³-hybridized carbons (Fsp3) is 0.0526. The molecule has 1 aromatic carbocycles. The van der Waals surface area contributed by atoms with Crippen LogP contribution in [0.2, 0.25) is 5.02 Å². The topological polar surface area (TPSA) is 72.7 Å². The number of halogens is 1. The molecule has 6 nitrogen and oxygen atoms in total. The van der Waals surface area contributed by atoms with Crippen LogP contribution in [-0.4, -0.2) is 25.7 Å². The number of rotatable bonds is 4. The molecular weight excluding hydrogens is 350 g/mol. The van der Waals surface area contributed by atoms with Crippen LogP contribution in [0.3, 0.4) is 0 Å². The molecule has 1 amide bonds. The summed E-state index contributed by atoms with van der Waals surface area (Å²) in [7, 11) is 0. The molecule has 3 aromatic heterocycles. The number of hydrogen-bond acceptors (Lipinski definition) is 4. The molecule has 0 aliphatic rings. The van der Waals surface area contributed by atoms with E-state index in [1.165, 1.54) is 12.4 Å². The average molecular weight is 364 g/mol. The molecule has 0 aliphatic carbocycles. The quantitative estimate of drug-likeness (QED) is 0.599. The number of carbonyl (C=O) groups excluding carboxylic acids is 1. The summed E-state index contributed by atoms with van der Waals surface area (Å²) in [6.45, 7) is 0.623. The number of nitrogens with zero attached hydrogens (tertiary/aromatic N) is 4. The SMILES string of the molecule is O=C(Nc1ccc(Cl)cn1)c1cnc2c(cnn2Cc2ccccc2)c1. The lowest BCUT2D eigenvalue weighted by atomic mass is 10.2. The van der Waals surface area contributed by atoms with Gasteiger partial charge in [-0.1, -0.05) is 41.9 Å². The first kappa shape index (κ1) is 16.2. The van der Waals surface area contributed by atoms with Crippen molar-refractivity contribution < 1.29 is 4.79 Å².